The van der Waals surface area contributed by atoms with E-state index in [0.717, 1.165) is 5.96 Å². The standard InChI is InChI=1S/C16H22N6O/c1-17-16(20-12-6-2-3-7-12)19-11-9-14-21-15(23-22-14)13-8-4-5-10-18-13/h4-5,8,10,12H,2-3,6-7,9,11H2,1H3,(H2,17,19,20). The third kappa shape index (κ3) is 4.28. The van der Waals surface area contributed by atoms with Crippen LogP contribution in [0.2, 0.25) is 0 Å². The van der Waals surface area contributed by atoms with Crippen LogP contribution in [0.5, 0.6) is 0 Å². The summed E-state index contributed by atoms with van der Waals surface area (Å²) in [7, 11) is 1.79. The molecule has 1 fully saturated rings. The average Bonchev–Trinajstić information content (AvgIpc) is 3.26. The largest absolute Gasteiger partial charge is 0.356 e. The fourth-order valence-electron chi connectivity index (χ4n) is 2.70. The Balaban J connectivity index is 1.47. The molecule has 2 N–H and O–H groups in total. The summed E-state index contributed by atoms with van der Waals surface area (Å²) in [5.41, 5.74) is 0.693. The van der Waals surface area contributed by atoms with Gasteiger partial charge in [-0.2, -0.15) is 4.98 Å². The second-order valence-electron chi connectivity index (χ2n) is 5.61. The van der Waals surface area contributed by atoms with Gasteiger partial charge in [-0.15, -0.1) is 0 Å². The van der Waals surface area contributed by atoms with Gasteiger partial charge in [0.05, 0.1) is 0 Å². The van der Waals surface area contributed by atoms with Crippen LogP contribution < -0.4 is 10.6 Å². The minimum atomic E-state index is 0.453. The lowest BCUT2D eigenvalue weighted by atomic mass is 10.2. The summed E-state index contributed by atoms with van der Waals surface area (Å²) in [6, 6.07) is 6.14. The van der Waals surface area contributed by atoms with Crippen LogP contribution in [-0.2, 0) is 6.42 Å². The maximum atomic E-state index is 5.24. The van der Waals surface area contributed by atoms with E-state index in [1.54, 1.807) is 13.2 Å². The second kappa shape index (κ2) is 7.71. The molecule has 1 aliphatic carbocycles. The number of aromatic nitrogens is 3. The van der Waals surface area contributed by atoms with Crippen molar-refractivity contribution in [2.75, 3.05) is 13.6 Å². The van der Waals surface area contributed by atoms with Crippen molar-refractivity contribution < 1.29 is 4.52 Å². The number of nitrogens with one attached hydrogen (secondary N) is 2. The highest BCUT2D eigenvalue weighted by Gasteiger charge is 2.16. The van der Waals surface area contributed by atoms with Crippen molar-refractivity contribution in [2.24, 2.45) is 4.99 Å². The van der Waals surface area contributed by atoms with Crippen molar-refractivity contribution >= 4 is 5.96 Å². The minimum absolute atomic E-state index is 0.453. The van der Waals surface area contributed by atoms with Crippen LogP contribution in [0, 0.1) is 0 Å². The smallest absolute Gasteiger partial charge is 0.276 e. The molecule has 2 aromatic rings. The molecule has 0 saturated heterocycles. The number of guanidine groups is 1. The zero-order chi connectivity index (χ0) is 15.9. The van der Waals surface area contributed by atoms with Gasteiger partial charge < -0.3 is 15.2 Å². The lowest BCUT2D eigenvalue weighted by molar-refractivity contribution is 0.421. The van der Waals surface area contributed by atoms with Crippen molar-refractivity contribution in [1.82, 2.24) is 25.8 Å². The van der Waals surface area contributed by atoms with E-state index in [-0.39, 0.29) is 0 Å². The van der Waals surface area contributed by atoms with E-state index < -0.39 is 0 Å². The zero-order valence-electron chi connectivity index (χ0n) is 13.3. The van der Waals surface area contributed by atoms with E-state index in [9.17, 15) is 0 Å². The fourth-order valence-corrected chi connectivity index (χ4v) is 2.70. The predicted molar refractivity (Wildman–Crippen MR) is 88.0 cm³/mol. The van der Waals surface area contributed by atoms with Crippen LogP contribution in [-0.4, -0.2) is 40.7 Å². The Hall–Kier alpha value is -2.44. The zero-order valence-corrected chi connectivity index (χ0v) is 13.3. The van der Waals surface area contributed by atoms with E-state index in [2.05, 4.69) is 30.8 Å². The number of nitrogens with zero attached hydrogens (tertiary/aromatic N) is 4. The Bertz CT molecular complexity index is 633. The van der Waals surface area contributed by atoms with Gasteiger partial charge in [0, 0.05) is 32.3 Å². The molecular weight excluding hydrogens is 292 g/mol. The summed E-state index contributed by atoms with van der Waals surface area (Å²) in [4.78, 5) is 12.8. The Morgan fingerprint density at radius 3 is 2.96 bits per heavy atom. The van der Waals surface area contributed by atoms with Crippen LogP contribution >= 0.6 is 0 Å². The van der Waals surface area contributed by atoms with E-state index >= 15 is 0 Å². The van der Waals surface area contributed by atoms with Crippen LogP contribution in [0.3, 0.4) is 0 Å². The molecule has 1 aliphatic rings. The van der Waals surface area contributed by atoms with Crippen LogP contribution in [0.15, 0.2) is 33.9 Å². The Morgan fingerprint density at radius 1 is 1.35 bits per heavy atom. The van der Waals surface area contributed by atoms with Gasteiger partial charge in [-0.05, 0) is 25.0 Å². The van der Waals surface area contributed by atoms with E-state index in [4.69, 9.17) is 4.52 Å². The molecule has 0 radical (unpaired) electrons. The second-order valence-corrected chi connectivity index (χ2v) is 5.61. The van der Waals surface area contributed by atoms with Crippen molar-refractivity contribution in [3.05, 3.63) is 30.2 Å². The maximum absolute atomic E-state index is 5.24. The van der Waals surface area contributed by atoms with E-state index in [1.165, 1.54) is 25.7 Å². The first-order valence-corrected chi connectivity index (χ1v) is 8.06. The maximum Gasteiger partial charge on any atom is 0.276 e. The first-order valence-electron chi connectivity index (χ1n) is 8.06. The Labute approximate surface area is 135 Å². The quantitative estimate of drug-likeness (QED) is 0.646. The summed E-state index contributed by atoms with van der Waals surface area (Å²) in [6.45, 7) is 0.702. The van der Waals surface area contributed by atoms with Crippen molar-refractivity contribution in [1.29, 1.82) is 0 Å². The van der Waals surface area contributed by atoms with E-state index in [0.29, 0.717) is 36.4 Å². The molecule has 2 aromatic heterocycles. The number of aliphatic imine (C=N–C) groups is 1. The molecule has 7 nitrogen and oxygen atoms in total. The predicted octanol–water partition coefficient (Wildman–Crippen LogP) is 1.78. The topological polar surface area (TPSA) is 88.2 Å². The van der Waals surface area contributed by atoms with Crippen LogP contribution in [0.25, 0.3) is 11.6 Å². The molecule has 0 amide bonds. The third-order valence-corrected chi connectivity index (χ3v) is 3.91. The monoisotopic (exact) mass is 314 g/mol. The van der Waals surface area contributed by atoms with Crippen LogP contribution in [0.4, 0.5) is 0 Å². The normalized spacial score (nSPS) is 15.8. The highest BCUT2D eigenvalue weighted by molar-refractivity contribution is 5.79. The number of hydrogen-bond donors (Lipinski definition) is 2. The Morgan fingerprint density at radius 2 is 2.22 bits per heavy atom. The van der Waals surface area contributed by atoms with Crippen LogP contribution in [0.1, 0.15) is 31.5 Å². The van der Waals surface area contributed by atoms with Gasteiger partial charge >= 0.3 is 0 Å². The summed E-state index contributed by atoms with van der Waals surface area (Å²) < 4.78 is 5.24. The van der Waals surface area contributed by atoms with E-state index in [1.807, 2.05) is 18.2 Å². The van der Waals surface area contributed by atoms with Gasteiger partial charge in [0.2, 0.25) is 0 Å². The summed E-state index contributed by atoms with van der Waals surface area (Å²) >= 11 is 0. The lowest BCUT2D eigenvalue weighted by Gasteiger charge is -2.16. The molecule has 0 aliphatic heterocycles. The molecule has 0 spiro atoms. The average molecular weight is 314 g/mol. The molecule has 2 heterocycles. The van der Waals surface area contributed by atoms with Gasteiger partial charge in [-0.3, -0.25) is 9.98 Å². The molecule has 23 heavy (non-hydrogen) atoms. The van der Waals surface area contributed by atoms with Gasteiger partial charge in [0.15, 0.2) is 11.8 Å². The molecule has 0 unspecified atom stereocenters. The lowest BCUT2D eigenvalue weighted by Crippen LogP contribution is -2.43. The third-order valence-electron chi connectivity index (χ3n) is 3.91. The first kappa shape index (κ1) is 15.5. The van der Waals surface area contributed by atoms with Crippen molar-refractivity contribution in [2.45, 2.75) is 38.1 Å². The molecular formula is C16H22N6O. The van der Waals surface area contributed by atoms with Crippen molar-refractivity contribution in [3.63, 3.8) is 0 Å². The molecule has 0 bridgehead atoms. The minimum Gasteiger partial charge on any atom is -0.356 e. The number of pyridine rings is 1. The SMILES string of the molecule is CN=C(NCCc1noc(-c2ccccn2)n1)NC1CCCC1. The Kier molecular flexibility index (Phi) is 5.18. The molecule has 7 heteroatoms. The van der Waals surface area contributed by atoms with Gasteiger partial charge in [-0.1, -0.05) is 24.1 Å². The molecule has 1 saturated carbocycles. The molecule has 0 atom stereocenters. The van der Waals surface area contributed by atoms with Crippen molar-refractivity contribution in [3.8, 4) is 11.6 Å². The summed E-state index contributed by atoms with van der Waals surface area (Å²) in [5, 5.41) is 10.7. The van der Waals surface area contributed by atoms with Gasteiger partial charge in [0.25, 0.3) is 5.89 Å². The molecule has 0 aromatic carbocycles. The first-order chi connectivity index (χ1) is 11.3. The number of hydrogen-bond acceptors (Lipinski definition) is 5. The summed E-state index contributed by atoms with van der Waals surface area (Å²) in [6.07, 6.45) is 7.42. The van der Waals surface area contributed by atoms with Gasteiger partial charge in [-0.25, -0.2) is 0 Å². The highest BCUT2D eigenvalue weighted by Crippen LogP contribution is 2.17. The number of rotatable bonds is 5. The fraction of sp³-hybridized carbons (Fsp3) is 0.500. The van der Waals surface area contributed by atoms with Gasteiger partial charge in [0.1, 0.15) is 5.69 Å². The highest BCUT2D eigenvalue weighted by atomic mass is 16.5. The summed E-state index contributed by atoms with van der Waals surface area (Å²) in [5.74, 6) is 1.95. The molecule has 122 valence electrons. The molecule has 3 rings (SSSR count).